The Balaban J connectivity index is 1.60. The number of nitro benzene ring substituents is 1. The van der Waals surface area contributed by atoms with Crippen molar-refractivity contribution in [3.8, 4) is 0 Å². The molecule has 4 aromatic rings. The Kier molecular flexibility index (Phi) is 6.36. The molecule has 198 valence electrons. The number of aromatic nitrogens is 3. The number of rotatable bonds is 6. The van der Waals surface area contributed by atoms with Crippen molar-refractivity contribution in [2.24, 2.45) is 7.05 Å². The standard InChI is InChI=1S/C25H19N5O7S2/c1-14-3-5-15(6-4-14)22(31)20-21(18-11-12-28(2)27-18)29(24(33)23(20)32)25-26-13-19(38-25)39(36,37)17-9-7-16(8-10-17)30(34)35/h3-13,21,31H,1-2H3. The second-order valence-corrected chi connectivity index (χ2v) is 11.9. The predicted octanol–water partition coefficient (Wildman–Crippen LogP) is 3.55. The molecule has 0 spiro atoms. The first-order valence-corrected chi connectivity index (χ1v) is 13.6. The molecular weight excluding hydrogens is 546 g/mol. The SMILES string of the molecule is Cc1ccc(C(O)=C2C(=O)C(=O)N(c3ncc(S(=O)(=O)c4ccc([N+](=O)[O-])cc4)s3)C2c2ccn(C)n2)cc1. The molecule has 1 aliphatic rings. The number of aliphatic hydroxyl groups is 1. The van der Waals surface area contributed by atoms with Crippen LogP contribution < -0.4 is 4.90 Å². The van der Waals surface area contributed by atoms with Crippen LogP contribution in [-0.4, -0.2) is 44.9 Å². The van der Waals surface area contributed by atoms with Gasteiger partial charge in [-0.2, -0.15) is 5.10 Å². The number of hydrogen-bond acceptors (Lipinski definition) is 10. The van der Waals surface area contributed by atoms with E-state index in [1.807, 2.05) is 6.92 Å². The van der Waals surface area contributed by atoms with E-state index in [1.54, 1.807) is 43.6 Å². The molecule has 1 fully saturated rings. The highest BCUT2D eigenvalue weighted by Crippen LogP contribution is 2.43. The number of thiazole rings is 1. The van der Waals surface area contributed by atoms with Crippen molar-refractivity contribution in [3.05, 3.63) is 99.5 Å². The zero-order valence-electron chi connectivity index (χ0n) is 20.4. The maximum atomic E-state index is 13.3. The Morgan fingerprint density at radius 1 is 1.08 bits per heavy atom. The van der Waals surface area contributed by atoms with Gasteiger partial charge >= 0.3 is 5.91 Å². The van der Waals surface area contributed by atoms with Crippen LogP contribution in [0.15, 0.2) is 81.7 Å². The first-order chi connectivity index (χ1) is 18.5. The van der Waals surface area contributed by atoms with E-state index in [4.69, 9.17) is 0 Å². The van der Waals surface area contributed by atoms with Gasteiger partial charge in [-0.3, -0.25) is 29.3 Å². The van der Waals surface area contributed by atoms with Crippen LogP contribution in [0.25, 0.3) is 5.76 Å². The molecule has 0 bridgehead atoms. The molecular formula is C25H19N5O7S2. The van der Waals surface area contributed by atoms with E-state index in [0.29, 0.717) is 16.9 Å². The number of Topliss-reactive ketones (excluding diaryl/α,β-unsaturated/α-hetero) is 1. The predicted molar refractivity (Wildman–Crippen MR) is 140 cm³/mol. The number of non-ortho nitro benzene ring substituents is 1. The first-order valence-electron chi connectivity index (χ1n) is 11.3. The third kappa shape index (κ3) is 4.49. The number of benzene rings is 2. The number of carbonyl (C=O) groups is 2. The minimum absolute atomic E-state index is 0.101. The Hall–Kier alpha value is -4.69. The van der Waals surface area contributed by atoms with Gasteiger partial charge in [0.25, 0.3) is 11.5 Å². The van der Waals surface area contributed by atoms with E-state index in [1.165, 1.54) is 4.68 Å². The zero-order chi connectivity index (χ0) is 28.1. The molecule has 12 nitrogen and oxygen atoms in total. The van der Waals surface area contributed by atoms with Crippen LogP contribution in [0.2, 0.25) is 0 Å². The quantitative estimate of drug-likeness (QED) is 0.121. The average Bonchev–Trinajstić information content (AvgIpc) is 3.63. The van der Waals surface area contributed by atoms with Gasteiger partial charge in [0, 0.05) is 30.9 Å². The van der Waals surface area contributed by atoms with Crippen LogP contribution in [0.4, 0.5) is 10.8 Å². The molecule has 2 aromatic heterocycles. The van der Waals surface area contributed by atoms with Crippen molar-refractivity contribution < 1.29 is 28.0 Å². The van der Waals surface area contributed by atoms with Crippen LogP contribution >= 0.6 is 11.3 Å². The van der Waals surface area contributed by atoms with Gasteiger partial charge in [-0.1, -0.05) is 41.2 Å². The van der Waals surface area contributed by atoms with Gasteiger partial charge in [-0.05, 0) is 25.1 Å². The van der Waals surface area contributed by atoms with Gasteiger partial charge in [-0.15, -0.1) is 0 Å². The van der Waals surface area contributed by atoms with Crippen molar-refractivity contribution >= 4 is 49.4 Å². The summed E-state index contributed by atoms with van der Waals surface area (Å²) in [5.74, 6) is -2.38. The van der Waals surface area contributed by atoms with Gasteiger partial charge < -0.3 is 5.11 Å². The number of ketones is 1. The summed E-state index contributed by atoms with van der Waals surface area (Å²) in [7, 11) is -2.50. The van der Waals surface area contributed by atoms with E-state index < -0.39 is 38.3 Å². The van der Waals surface area contributed by atoms with Crippen molar-refractivity contribution in [2.45, 2.75) is 22.1 Å². The number of aryl methyl sites for hydroxylation is 2. The fourth-order valence-electron chi connectivity index (χ4n) is 4.10. The largest absolute Gasteiger partial charge is 0.507 e. The molecule has 1 atom stereocenters. The third-order valence-electron chi connectivity index (χ3n) is 6.08. The number of nitrogens with zero attached hydrogens (tertiary/aromatic N) is 5. The summed E-state index contributed by atoms with van der Waals surface area (Å²) in [6, 6.07) is 11.5. The lowest BCUT2D eigenvalue weighted by atomic mass is 9.98. The van der Waals surface area contributed by atoms with Crippen LogP contribution in [0.3, 0.4) is 0 Å². The molecule has 1 aliphatic heterocycles. The average molecular weight is 566 g/mol. The molecule has 1 N–H and O–H groups in total. The lowest BCUT2D eigenvalue weighted by molar-refractivity contribution is -0.384. The lowest BCUT2D eigenvalue weighted by Crippen LogP contribution is -2.29. The van der Waals surface area contributed by atoms with Crippen LogP contribution in [0, 0.1) is 17.0 Å². The van der Waals surface area contributed by atoms with Crippen LogP contribution in [0.5, 0.6) is 0 Å². The van der Waals surface area contributed by atoms with E-state index in [0.717, 1.165) is 40.9 Å². The summed E-state index contributed by atoms with van der Waals surface area (Å²) in [5.41, 5.74) is 1.03. The molecule has 0 saturated carbocycles. The topological polar surface area (TPSA) is 166 Å². The third-order valence-corrected chi connectivity index (χ3v) is 9.31. The van der Waals surface area contributed by atoms with Crippen molar-refractivity contribution in [1.82, 2.24) is 14.8 Å². The summed E-state index contributed by atoms with van der Waals surface area (Å²) in [4.78, 5) is 41.7. The highest BCUT2D eigenvalue weighted by Gasteiger charge is 2.49. The Morgan fingerprint density at radius 3 is 2.33 bits per heavy atom. The van der Waals surface area contributed by atoms with Gasteiger partial charge in [0.15, 0.2) is 5.13 Å². The summed E-state index contributed by atoms with van der Waals surface area (Å²) in [6.45, 7) is 1.86. The molecule has 5 rings (SSSR count). The number of hydrogen-bond donors (Lipinski definition) is 1. The number of carbonyl (C=O) groups excluding carboxylic acids is 2. The molecule has 0 radical (unpaired) electrons. The molecule has 0 aliphatic carbocycles. The number of amides is 1. The zero-order valence-corrected chi connectivity index (χ0v) is 22.0. The fraction of sp³-hybridized carbons (Fsp3) is 0.120. The van der Waals surface area contributed by atoms with Crippen LogP contribution in [0.1, 0.15) is 22.9 Å². The monoisotopic (exact) mass is 565 g/mol. The van der Waals surface area contributed by atoms with E-state index in [-0.39, 0.29) is 31.2 Å². The van der Waals surface area contributed by atoms with Gasteiger partial charge in [0.05, 0.1) is 27.3 Å². The summed E-state index contributed by atoms with van der Waals surface area (Å²) >= 11 is 0.646. The van der Waals surface area contributed by atoms with Crippen molar-refractivity contribution in [2.75, 3.05) is 4.90 Å². The number of aliphatic hydroxyl groups excluding tert-OH is 1. The molecule has 14 heteroatoms. The number of nitro groups is 1. The van der Waals surface area contributed by atoms with Crippen molar-refractivity contribution in [3.63, 3.8) is 0 Å². The van der Waals surface area contributed by atoms with Crippen molar-refractivity contribution in [1.29, 1.82) is 0 Å². The molecule has 39 heavy (non-hydrogen) atoms. The highest BCUT2D eigenvalue weighted by atomic mass is 32.2. The minimum Gasteiger partial charge on any atom is -0.507 e. The van der Waals surface area contributed by atoms with E-state index in [2.05, 4.69) is 10.1 Å². The maximum Gasteiger partial charge on any atom is 0.301 e. The summed E-state index contributed by atoms with van der Waals surface area (Å²) < 4.78 is 27.6. The smallest absolute Gasteiger partial charge is 0.301 e. The van der Waals surface area contributed by atoms with Gasteiger partial charge in [-0.25, -0.2) is 13.4 Å². The maximum absolute atomic E-state index is 13.3. The Labute approximate surface area is 225 Å². The molecule has 3 heterocycles. The fourth-order valence-corrected chi connectivity index (χ4v) is 6.65. The van der Waals surface area contributed by atoms with Gasteiger partial charge in [0.1, 0.15) is 16.0 Å². The number of sulfone groups is 1. The second-order valence-electron chi connectivity index (χ2n) is 8.67. The lowest BCUT2D eigenvalue weighted by Gasteiger charge is -2.20. The molecule has 1 saturated heterocycles. The summed E-state index contributed by atoms with van der Waals surface area (Å²) in [5, 5.41) is 26.3. The molecule has 2 aromatic carbocycles. The van der Waals surface area contributed by atoms with E-state index >= 15 is 0 Å². The second kappa shape index (κ2) is 9.56. The highest BCUT2D eigenvalue weighted by molar-refractivity contribution is 7.93. The number of anilines is 1. The first kappa shape index (κ1) is 25.9. The minimum atomic E-state index is -4.15. The Bertz CT molecular complexity index is 1770. The van der Waals surface area contributed by atoms with E-state index in [9.17, 15) is 33.2 Å². The summed E-state index contributed by atoms with van der Waals surface area (Å²) in [6.07, 6.45) is 2.65. The Morgan fingerprint density at radius 2 is 1.74 bits per heavy atom. The normalized spacial score (nSPS) is 17.1. The van der Waals surface area contributed by atoms with Crippen LogP contribution in [-0.2, 0) is 26.5 Å². The molecule has 1 unspecified atom stereocenters. The molecule has 1 amide bonds. The van der Waals surface area contributed by atoms with Gasteiger partial charge in [0.2, 0.25) is 9.84 Å².